The fourth-order valence-electron chi connectivity index (χ4n) is 2.29. The number of nitrogens with zero attached hydrogens (tertiary/aromatic N) is 1. The van der Waals surface area contributed by atoms with Crippen LogP contribution in [0.5, 0.6) is 0 Å². The van der Waals surface area contributed by atoms with Crippen LogP contribution in [0.1, 0.15) is 28.4 Å². The maximum Gasteiger partial charge on any atom is 0.329 e. The number of hydrogen-bond donors (Lipinski definition) is 1. The van der Waals surface area contributed by atoms with E-state index in [1.165, 1.54) is 0 Å². The van der Waals surface area contributed by atoms with Crippen molar-refractivity contribution in [1.29, 1.82) is 0 Å². The number of aryl methyl sites for hydroxylation is 2. The van der Waals surface area contributed by atoms with Crippen molar-refractivity contribution in [2.75, 3.05) is 19.7 Å². The highest BCUT2D eigenvalue weighted by molar-refractivity contribution is 5.95. The van der Waals surface area contributed by atoms with E-state index >= 15 is 0 Å². The highest BCUT2D eigenvalue weighted by Crippen LogP contribution is 2.26. The van der Waals surface area contributed by atoms with E-state index in [2.05, 4.69) is 0 Å². The van der Waals surface area contributed by atoms with Crippen molar-refractivity contribution in [3.8, 4) is 0 Å². The van der Waals surface area contributed by atoms with Crippen molar-refractivity contribution < 1.29 is 19.4 Å². The van der Waals surface area contributed by atoms with Crippen LogP contribution >= 0.6 is 0 Å². The lowest BCUT2D eigenvalue weighted by atomic mass is 9.94. The first-order chi connectivity index (χ1) is 9.31. The maximum atomic E-state index is 12.3. The minimum absolute atomic E-state index is 0.0375. The summed E-state index contributed by atoms with van der Waals surface area (Å²) in [5.74, 6) is -1.03. The molecule has 20 heavy (non-hydrogen) atoms. The molecule has 1 aliphatic rings. The van der Waals surface area contributed by atoms with Crippen molar-refractivity contribution in [3.63, 3.8) is 0 Å². The Hall–Kier alpha value is -1.88. The van der Waals surface area contributed by atoms with Crippen molar-refractivity contribution in [3.05, 3.63) is 34.9 Å². The van der Waals surface area contributed by atoms with Crippen LogP contribution in [0.2, 0.25) is 0 Å². The zero-order valence-electron chi connectivity index (χ0n) is 12.0. The van der Waals surface area contributed by atoms with Gasteiger partial charge in [-0.05, 0) is 44.0 Å². The van der Waals surface area contributed by atoms with Crippen molar-refractivity contribution in [2.24, 2.45) is 0 Å². The first-order valence-corrected chi connectivity index (χ1v) is 6.53. The molecule has 0 saturated carbocycles. The summed E-state index contributed by atoms with van der Waals surface area (Å²) in [6.07, 6.45) is 0. The number of amides is 1. The number of hydrogen-bond acceptors (Lipinski definition) is 3. The van der Waals surface area contributed by atoms with Crippen LogP contribution < -0.4 is 0 Å². The molecule has 0 spiro atoms. The molecule has 1 amide bonds. The monoisotopic (exact) mass is 277 g/mol. The Morgan fingerprint density at radius 3 is 2.50 bits per heavy atom. The van der Waals surface area contributed by atoms with E-state index in [9.17, 15) is 9.59 Å². The second-order valence-electron chi connectivity index (χ2n) is 5.59. The molecular formula is C15H19NO4. The predicted octanol–water partition coefficient (Wildman–Crippen LogP) is 1.62. The van der Waals surface area contributed by atoms with Crippen LogP contribution in [0.4, 0.5) is 0 Å². The average Bonchev–Trinajstić information content (AvgIpc) is 2.35. The van der Waals surface area contributed by atoms with Gasteiger partial charge in [0.15, 0.2) is 0 Å². The van der Waals surface area contributed by atoms with Crippen molar-refractivity contribution >= 4 is 11.9 Å². The lowest BCUT2D eigenvalue weighted by Gasteiger charge is -2.47. The Kier molecular flexibility index (Phi) is 3.81. The van der Waals surface area contributed by atoms with Crippen LogP contribution in [0, 0.1) is 13.8 Å². The molecule has 1 saturated heterocycles. The largest absolute Gasteiger partial charge is 0.480 e. The third kappa shape index (κ3) is 2.99. The van der Waals surface area contributed by atoms with Gasteiger partial charge in [-0.15, -0.1) is 0 Å². The molecule has 0 atom stereocenters. The Balaban J connectivity index is 1.96. The van der Waals surface area contributed by atoms with Crippen LogP contribution in [0.15, 0.2) is 18.2 Å². The Morgan fingerprint density at radius 1 is 1.30 bits per heavy atom. The molecule has 5 nitrogen and oxygen atoms in total. The third-order valence-electron chi connectivity index (χ3n) is 3.64. The normalized spacial score (nSPS) is 16.6. The smallest absolute Gasteiger partial charge is 0.329 e. The van der Waals surface area contributed by atoms with Gasteiger partial charge in [-0.2, -0.15) is 0 Å². The molecule has 0 aromatic heterocycles. The molecule has 108 valence electrons. The number of ether oxygens (including phenoxy) is 1. The van der Waals surface area contributed by atoms with E-state index in [-0.39, 0.29) is 12.5 Å². The van der Waals surface area contributed by atoms with Crippen LogP contribution in [0.25, 0.3) is 0 Å². The Morgan fingerprint density at radius 2 is 1.95 bits per heavy atom. The van der Waals surface area contributed by atoms with E-state index in [0.29, 0.717) is 18.7 Å². The van der Waals surface area contributed by atoms with Gasteiger partial charge in [0.1, 0.15) is 12.2 Å². The fraction of sp³-hybridized carbons (Fsp3) is 0.467. The first-order valence-electron chi connectivity index (χ1n) is 6.53. The molecule has 1 heterocycles. The van der Waals surface area contributed by atoms with E-state index in [1.54, 1.807) is 4.90 Å². The lowest BCUT2D eigenvalue weighted by molar-refractivity contribution is -0.159. The van der Waals surface area contributed by atoms with Crippen molar-refractivity contribution in [1.82, 2.24) is 4.90 Å². The Bertz CT molecular complexity index is 547. The molecule has 1 aliphatic heterocycles. The minimum atomic E-state index is -0.995. The van der Waals surface area contributed by atoms with E-state index in [1.807, 2.05) is 39.0 Å². The first kappa shape index (κ1) is 14.5. The second kappa shape index (κ2) is 5.25. The number of carbonyl (C=O) groups excluding carboxylic acids is 1. The summed E-state index contributed by atoms with van der Waals surface area (Å²) < 4.78 is 5.29. The number of carboxylic acids is 1. The predicted molar refractivity (Wildman–Crippen MR) is 73.8 cm³/mol. The number of aliphatic carboxylic acids is 1. The van der Waals surface area contributed by atoms with Gasteiger partial charge in [0.25, 0.3) is 5.91 Å². The summed E-state index contributed by atoms with van der Waals surface area (Å²) >= 11 is 0. The SMILES string of the molecule is Cc1ccc(C(=O)N2CC(C)(OCC(=O)O)C2)cc1C. The average molecular weight is 277 g/mol. The molecule has 0 unspecified atom stereocenters. The van der Waals surface area contributed by atoms with Gasteiger partial charge in [0.2, 0.25) is 0 Å². The van der Waals surface area contributed by atoms with E-state index in [0.717, 1.165) is 11.1 Å². The zero-order valence-corrected chi connectivity index (χ0v) is 12.0. The van der Waals surface area contributed by atoms with Gasteiger partial charge in [-0.1, -0.05) is 6.07 Å². The highest BCUT2D eigenvalue weighted by Gasteiger charge is 2.42. The molecule has 0 bridgehead atoms. The third-order valence-corrected chi connectivity index (χ3v) is 3.64. The maximum absolute atomic E-state index is 12.3. The fourth-order valence-corrected chi connectivity index (χ4v) is 2.29. The molecule has 2 rings (SSSR count). The van der Waals surface area contributed by atoms with Gasteiger partial charge >= 0.3 is 5.97 Å². The summed E-state index contributed by atoms with van der Waals surface area (Å²) in [6, 6.07) is 5.63. The molecule has 1 aromatic carbocycles. The van der Waals surface area contributed by atoms with Gasteiger partial charge < -0.3 is 14.7 Å². The number of rotatable bonds is 4. The standard InChI is InChI=1S/C15H19NO4/c1-10-4-5-12(6-11(10)2)14(19)16-8-15(3,9-16)20-7-13(17)18/h4-6H,7-9H2,1-3H3,(H,17,18). The quantitative estimate of drug-likeness (QED) is 0.908. The summed E-state index contributed by atoms with van der Waals surface area (Å²) in [5, 5.41) is 8.60. The number of carbonyl (C=O) groups is 2. The molecule has 1 N–H and O–H groups in total. The summed E-state index contributed by atoms with van der Waals surface area (Å²) in [7, 11) is 0. The van der Waals surface area contributed by atoms with Crippen molar-refractivity contribution in [2.45, 2.75) is 26.4 Å². The molecule has 0 aliphatic carbocycles. The molecule has 0 radical (unpaired) electrons. The zero-order chi connectivity index (χ0) is 14.9. The van der Waals surface area contributed by atoms with Crippen LogP contribution in [-0.4, -0.2) is 47.2 Å². The minimum Gasteiger partial charge on any atom is -0.480 e. The number of likely N-dealkylation sites (tertiary alicyclic amines) is 1. The van der Waals surface area contributed by atoms with Gasteiger partial charge in [0.05, 0.1) is 13.1 Å². The van der Waals surface area contributed by atoms with E-state index < -0.39 is 11.6 Å². The molecule has 5 heteroatoms. The summed E-state index contributed by atoms with van der Waals surface area (Å²) in [6.45, 7) is 6.31. The topological polar surface area (TPSA) is 66.8 Å². The second-order valence-corrected chi connectivity index (χ2v) is 5.59. The Labute approximate surface area is 118 Å². The number of carboxylic acid groups (broad SMARTS) is 1. The number of benzene rings is 1. The summed E-state index contributed by atoms with van der Waals surface area (Å²) in [4.78, 5) is 24.4. The van der Waals surface area contributed by atoms with Crippen LogP contribution in [-0.2, 0) is 9.53 Å². The summed E-state index contributed by atoms with van der Waals surface area (Å²) in [5.41, 5.74) is 2.35. The lowest BCUT2D eigenvalue weighted by Crippen LogP contribution is -2.63. The molecule has 1 fully saturated rings. The van der Waals surface area contributed by atoms with Gasteiger partial charge in [-0.3, -0.25) is 4.79 Å². The van der Waals surface area contributed by atoms with Gasteiger partial charge in [0, 0.05) is 5.56 Å². The van der Waals surface area contributed by atoms with Gasteiger partial charge in [-0.25, -0.2) is 4.79 Å². The molecule has 1 aromatic rings. The highest BCUT2D eigenvalue weighted by atomic mass is 16.5. The van der Waals surface area contributed by atoms with E-state index in [4.69, 9.17) is 9.84 Å². The molecular weight excluding hydrogens is 258 g/mol. The van der Waals surface area contributed by atoms with Crippen LogP contribution in [0.3, 0.4) is 0 Å².